The first-order valence-corrected chi connectivity index (χ1v) is 5.51. The van der Waals surface area contributed by atoms with Gasteiger partial charge in [-0.05, 0) is 18.5 Å². The molecule has 1 heterocycles. The average Bonchev–Trinajstić information content (AvgIpc) is 2.61. The van der Waals surface area contributed by atoms with E-state index in [2.05, 4.69) is 49.8 Å². The van der Waals surface area contributed by atoms with Gasteiger partial charge in [-0.2, -0.15) is 0 Å². The molecule has 1 aliphatic rings. The molecule has 1 aliphatic heterocycles. The maximum Gasteiger partial charge on any atom is 0.399 e. The molecule has 2 nitrogen and oxygen atoms in total. The molecule has 0 N–H and O–H groups in total. The second-order valence-corrected chi connectivity index (χ2v) is 4.35. The van der Waals surface area contributed by atoms with Crippen LogP contribution in [0.2, 0.25) is 0 Å². The van der Waals surface area contributed by atoms with E-state index in [1.165, 1.54) is 5.56 Å². The van der Waals surface area contributed by atoms with E-state index in [0.717, 1.165) is 0 Å². The predicted molar refractivity (Wildman–Crippen MR) is 62.5 cm³/mol. The number of rotatable bonds is 2. The summed E-state index contributed by atoms with van der Waals surface area (Å²) in [7, 11) is 1.87. The van der Waals surface area contributed by atoms with Crippen LogP contribution in [0, 0.1) is 0 Å². The molecule has 79 valence electrons. The Kier molecular flexibility index (Phi) is 3.12. The molecule has 15 heavy (non-hydrogen) atoms. The number of benzene rings is 1. The molecule has 1 radical (unpaired) electrons. The van der Waals surface area contributed by atoms with Crippen molar-refractivity contribution in [2.45, 2.75) is 39.0 Å². The Labute approximate surface area is 92.5 Å². The Morgan fingerprint density at radius 1 is 1.27 bits per heavy atom. The van der Waals surface area contributed by atoms with Crippen LogP contribution in [0.1, 0.15) is 32.4 Å². The molecule has 2 rings (SSSR count). The predicted octanol–water partition coefficient (Wildman–Crippen LogP) is 2.39. The molecular weight excluding hydrogens is 185 g/mol. The van der Waals surface area contributed by atoms with Gasteiger partial charge in [0.15, 0.2) is 0 Å². The van der Waals surface area contributed by atoms with Crippen molar-refractivity contribution < 1.29 is 4.65 Å². The highest BCUT2D eigenvalue weighted by atomic mass is 16.5. The van der Waals surface area contributed by atoms with E-state index in [9.17, 15) is 0 Å². The van der Waals surface area contributed by atoms with Gasteiger partial charge < -0.3 is 9.47 Å². The Hall–Kier alpha value is -0.795. The molecule has 1 saturated heterocycles. The van der Waals surface area contributed by atoms with E-state index in [-0.39, 0.29) is 6.10 Å². The molecule has 0 spiro atoms. The summed E-state index contributed by atoms with van der Waals surface area (Å²) in [6.45, 7) is 6.58. The van der Waals surface area contributed by atoms with E-state index in [4.69, 9.17) is 4.65 Å². The van der Waals surface area contributed by atoms with Gasteiger partial charge in [0.1, 0.15) is 0 Å². The molecule has 0 amide bonds. The maximum atomic E-state index is 5.73. The fraction of sp³-hybridized carbons (Fsp3) is 0.500. The van der Waals surface area contributed by atoms with Crippen molar-refractivity contribution >= 4 is 7.62 Å². The summed E-state index contributed by atoms with van der Waals surface area (Å²) in [5.41, 5.74) is 1.25. The van der Waals surface area contributed by atoms with Crippen LogP contribution in [0.5, 0.6) is 0 Å². The minimum absolute atomic E-state index is 0.175. The molecule has 0 unspecified atom stereocenters. The summed E-state index contributed by atoms with van der Waals surface area (Å²) in [5.74, 6) is 0. The molecule has 0 saturated carbocycles. The van der Waals surface area contributed by atoms with Crippen LogP contribution in [-0.2, 0) is 4.65 Å². The van der Waals surface area contributed by atoms with Crippen molar-refractivity contribution in [3.8, 4) is 0 Å². The van der Waals surface area contributed by atoms with Crippen molar-refractivity contribution in [2.24, 2.45) is 0 Å². The van der Waals surface area contributed by atoms with Gasteiger partial charge >= 0.3 is 7.62 Å². The number of nitrogens with zero attached hydrogens (tertiary/aromatic N) is 1. The molecule has 2 atom stereocenters. The van der Waals surface area contributed by atoms with E-state index < -0.39 is 0 Å². The largest absolute Gasteiger partial charge is 0.415 e. The van der Waals surface area contributed by atoms with Crippen molar-refractivity contribution in [3.05, 3.63) is 35.9 Å². The lowest BCUT2D eigenvalue weighted by atomic mass is 10.0. The van der Waals surface area contributed by atoms with Gasteiger partial charge in [-0.25, -0.2) is 0 Å². The highest BCUT2D eigenvalue weighted by Crippen LogP contribution is 2.30. The molecule has 0 bridgehead atoms. The van der Waals surface area contributed by atoms with E-state index in [1.807, 2.05) is 13.7 Å². The SMILES string of the molecule is CC(C)N1[B]O[C@H](c2ccccc2)[C@H]1C. The highest BCUT2D eigenvalue weighted by Gasteiger charge is 2.35. The monoisotopic (exact) mass is 202 g/mol. The highest BCUT2D eigenvalue weighted by molar-refractivity contribution is 6.24. The third-order valence-electron chi connectivity index (χ3n) is 2.96. The van der Waals surface area contributed by atoms with Gasteiger partial charge in [0, 0.05) is 6.04 Å². The van der Waals surface area contributed by atoms with Crippen LogP contribution < -0.4 is 0 Å². The molecular formula is C12H17BNO. The Bertz CT molecular complexity index is 315. The Morgan fingerprint density at radius 2 is 1.93 bits per heavy atom. The van der Waals surface area contributed by atoms with Gasteiger partial charge in [0.25, 0.3) is 0 Å². The molecule has 1 aromatic rings. The third-order valence-corrected chi connectivity index (χ3v) is 2.96. The van der Waals surface area contributed by atoms with Crippen molar-refractivity contribution in [3.63, 3.8) is 0 Å². The van der Waals surface area contributed by atoms with Crippen LogP contribution in [0.15, 0.2) is 30.3 Å². The summed E-state index contributed by atoms with van der Waals surface area (Å²) in [5, 5.41) is 0. The first kappa shape index (κ1) is 10.7. The van der Waals surface area contributed by atoms with Gasteiger partial charge in [-0.3, -0.25) is 0 Å². The summed E-state index contributed by atoms with van der Waals surface area (Å²) in [4.78, 5) is 2.26. The molecule has 1 fully saturated rings. The number of hydrogen-bond acceptors (Lipinski definition) is 2. The Balaban J connectivity index is 2.14. The summed E-state index contributed by atoms with van der Waals surface area (Å²) < 4.78 is 5.73. The fourth-order valence-electron chi connectivity index (χ4n) is 2.09. The number of hydrogen-bond donors (Lipinski definition) is 0. The molecule has 0 aliphatic carbocycles. The summed E-state index contributed by atoms with van der Waals surface area (Å²) in [6, 6.07) is 11.3. The van der Waals surface area contributed by atoms with Gasteiger partial charge in [0.05, 0.1) is 6.10 Å². The summed E-state index contributed by atoms with van der Waals surface area (Å²) in [6.07, 6.45) is 0.175. The van der Waals surface area contributed by atoms with Crippen LogP contribution in [-0.4, -0.2) is 24.5 Å². The lowest BCUT2D eigenvalue weighted by Crippen LogP contribution is -2.36. The van der Waals surface area contributed by atoms with Crippen LogP contribution in [0.25, 0.3) is 0 Å². The lowest BCUT2D eigenvalue weighted by Gasteiger charge is -2.26. The lowest BCUT2D eigenvalue weighted by molar-refractivity contribution is 0.198. The van der Waals surface area contributed by atoms with Crippen LogP contribution in [0.4, 0.5) is 0 Å². The smallest absolute Gasteiger partial charge is 0.399 e. The molecule has 0 aromatic heterocycles. The quantitative estimate of drug-likeness (QED) is 0.682. The summed E-state index contributed by atoms with van der Waals surface area (Å²) >= 11 is 0. The van der Waals surface area contributed by atoms with Crippen molar-refractivity contribution in [1.29, 1.82) is 0 Å². The molecule has 3 heteroatoms. The van der Waals surface area contributed by atoms with E-state index in [0.29, 0.717) is 12.1 Å². The molecule has 1 aromatic carbocycles. The second-order valence-electron chi connectivity index (χ2n) is 4.35. The normalized spacial score (nSPS) is 26.9. The first-order chi connectivity index (χ1) is 7.20. The first-order valence-electron chi connectivity index (χ1n) is 5.51. The fourth-order valence-corrected chi connectivity index (χ4v) is 2.09. The van der Waals surface area contributed by atoms with Crippen LogP contribution >= 0.6 is 0 Å². The van der Waals surface area contributed by atoms with Gasteiger partial charge in [-0.15, -0.1) is 0 Å². The zero-order chi connectivity index (χ0) is 10.8. The minimum Gasteiger partial charge on any atom is -0.415 e. The Morgan fingerprint density at radius 3 is 2.47 bits per heavy atom. The second kappa shape index (κ2) is 4.37. The van der Waals surface area contributed by atoms with Crippen LogP contribution in [0.3, 0.4) is 0 Å². The minimum atomic E-state index is 0.175. The standard InChI is InChI=1S/C12H17BNO/c1-9(2)14-10(3)12(15-13-14)11-7-5-4-6-8-11/h4-10,12H,1-3H3/t10-,12+/m1/s1. The van der Waals surface area contributed by atoms with E-state index >= 15 is 0 Å². The average molecular weight is 202 g/mol. The van der Waals surface area contributed by atoms with Crippen molar-refractivity contribution in [1.82, 2.24) is 4.81 Å². The zero-order valence-corrected chi connectivity index (χ0v) is 9.55. The van der Waals surface area contributed by atoms with E-state index in [1.54, 1.807) is 0 Å². The third kappa shape index (κ3) is 2.08. The maximum absolute atomic E-state index is 5.73. The van der Waals surface area contributed by atoms with Crippen molar-refractivity contribution in [2.75, 3.05) is 0 Å². The topological polar surface area (TPSA) is 12.5 Å². The van der Waals surface area contributed by atoms with Gasteiger partial charge in [0.2, 0.25) is 0 Å². The zero-order valence-electron chi connectivity index (χ0n) is 9.55. The van der Waals surface area contributed by atoms with Gasteiger partial charge in [-0.1, -0.05) is 44.2 Å².